The molecule has 3 rings (SSSR count). The molecule has 0 bridgehead atoms. The largest absolute Gasteiger partial charge is 0.494 e. The molecule has 1 unspecified atom stereocenters. The second-order valence-electron chi connectivity index (χ2n) is 5.78. The molecule has 1 aromatic carbocycles. The average molecular weight is 315 g/mol. The number of aliphatic hydroxyl groups is 1. The lowest BCUT2D eigenvalue weighted by molar-refractivity contribution is 0.0169. The highest BCUT2D eigenvalue weighted by molar-refractivity contribution is 5.94. The Morgan fingerprint density at radius 1 is 1.35 bits per heavy atom. The van der Waals surface area contributed by atoms with Gasteiger partial charge in [0.25, 0.3) is 5.91 Å². The van der Waals surface area contributed by atoms with E-state index in [0.29, 0.717) is 18.6 Å². The summed E-state index contributed by atoms with van der Waals surface area (Å²) in [6.45, 7) is 2.67. The minimum absolute atomic E-state index is 0.172. The number of furan rings is 1. The van der Waals surface area contributed by atoms with Gasteiger partial charge in [-0.15, -0.1) is 0 Å². The lowest BCUT2D eigenvalue weighted by Crippen LogP contribution is -2.42. The zero-order valence-electron chi connectivity index (χ0n) is 13.2. The van der Waals surface area contributed by atoms with Crippen molar-refractivity contribution in [3.05, 3.63) is 53.5 Å². The van der Waals surface area contributed by atoms with Crippen molar-refractivity contribution < 1.29 is 19.1 Å². The van der Waals surface area contributed by atoms with Gasteiger partial charge in [-0.2, -0.15) is 0 Å². The predicted molar refractivity (Wildman–Crippen MR) is 85.5 cm³/mol. The van der Waals surface area contributed by atoms with Crippen LogP contribution in [0.15, 0.2) is 41.0 Å². The first kappa shape index (κ1) is 15.6. The van der Waals surface area contributed by atoms with Crippen molar-refractivity contribution in [3.8, 4) is 5.75 Å². The number of rotatable bonds is 5. The Bertz CT molecular complexity index is 677. The normalized spacial score (nSPS) is 19.9. The molecule has 1 atom stereocenters. The molecule has 2 aromatic rings. The molecular weight excluding hydrogens is 294 g/mol. The number of hydrogen-bond acceptors (Lipinski definition) is 4. The Kier molecular flexibility index (Phi) is 4.39. The fourth-order valence-corrected chi connectivity index (χ4v) is 3.01. The number of carbonyl (C=O) groups excluding carboxylic acids is 1. The molecular formula is C18H21NO4. The van der Waals surface area contributed by atoms with E-state index in [9.17, 15) is 9.90 Å². The molecule has 1 heterocycles. The van der Waals surface area contributed by atoms with Crippen LogP contribution >= 0.6 is 0 Å². The molecule has 5 heteroatoms. The molecule has 1 aliphatic rings. The fourth-order valence-electron chi connectivity index (χ4n) is 3.01. The van der Waals surface area contributed by atoms with Crippen molar-refractivity contribution in [3.63, 3.8) is 0 Å². The Labute approximate surface area is 135 Å². The molecule has 5 nitrogen and oxygen atoms in total. The molecule has 0 aliphatic heterocycles. The van der Waals surface area contributed by atoms with Crippen molar-refractivity contribution in [1.29, 1.82) is 0 Å². The van der Waals surface area contributed by atoms with Crippen LogP contribution < -0.4 is 10.1 Å². The fraction of sp³-hybridized carbons (Fsp3) is 0.389. The minimum atomic E-state index is -1.05. The van der Waals surface area contributed by atoms with E-state index in [-0.39, 0.29) is 12.5 Å². The van der Waals surface area contributed by atoms with Crippen LogP contribution in [0.4, 0.5) is 0 Å². The molecule has 2 N–H and O–H groups in total. The number of ether oxygens (including phenoxy) is 1. The highest BCUT2D eigenvalue weighted by atomic mass is 16.5. The van der Waals surface area contributed by atoms with Crippen LogP contribution in [0, 0.1) is 0 Å². The monoisotopic (exact) mass is 315 g/mol. The van der Waals surface area contributed by atoms with Crippen LogP contribution in [0.25, 0.3) is 0 Å². The zero-order chi connectivity index (χ0) is 16.3. The van der Waals surface area contributed by atoms with Gasteiger partial charge in [-0.05, 0) is 50.1 Å². The van der Waals surface area contributed by atoms with Crippen LogP contribution in [0.2, 0.25) is 0 Å². The number of amides is 1. The molecule has 0 radical (unpaired) electrons. The van der Waals surface area contributed by atoms with Crippen molar-refractivity contribution in [2.45, 2.75) is 31.8 Å². The lowest BCUT2D eigenvalue weighted by Gasteiger charge is -2.31. The van der Waals surface area contributed by atoms with Gasteiger partial charge in [-0.25, -0.2) is 0 Å². The summed E-state index contributed by atoms with van der Waals surface area (Å²) in [5, 5.41) is 13.6. The molecule has 23 heavy (non-hydrogen) atoms. The number of benzene rings is 1. The first-order chi connectivity index (χ1) is 11.1. The van der Waals surface area contributed by atoms with E-state index < -0.39 is 5.60 Å². The van der Waals surface area contributed by atoms with E-state index in [4.69, 9.17) is 9.15 Å². The SMILES string of the molecule is CCOc1ccc(C(=O)NCC2(O)CCCc3occc32)cc1. The van der Waals surface area contributed by atoms with Gasteiger partial charge < -0.3 is 19.6 Å². The maximum atomic E-state index is 12.3. The van der Waals surface area contributed by atoms with Crippen molar-refractivity contribution in [2.75, 3.05) is 13.2 Å². The van der Waals surface area contributed by atoms with Crippen molar-refractivity contribution in [2.24, 2.45) is 0 Å². The van der Waals surface area contributed by atoms with Gasteiger partial charge in [-0.3, -0.25) is 4.79 Å². The summed E-state index contributed by atoms with van der Waals surface area (Å²) < 4.78 is 10.8. The minimum Gasteiger partial charge on any atom is -0.494 e. The van der Waals surface area contributed by atoms with Crippen LogP contribution in [0.5, 0.6) is 5.75 Å². The third-order valence-electron chi connectivity index (χ3n) is 4.21. The second-order valence-corrected chi connectivity index (χ2v) is 5.78. The summed E-state index contributed by atoms with van der Waals surface area (Å²) in [5.74, 6) is 1.34. The van der Waals surface area contributed by atoms with E-state index in [1.54, 1.807) is 36.6 Å². The van der Waals surface area contributed by atoms with Crippen LogP contribution in [-0.4, -0.2) is 24.2 Å². The summed E-state index contributed by atoms with van der Waals surface area (Å²) in [7, 11) is 0. The van der Waals surface area contributed by atoms with Gasteiger partial charge in [0, 0.05) is 17.5 Å². The number of fused-ring (bicyclic) bond motifs is 1. The molecule has 1 aliphatic carbocycles. The van der Waals surface area contributed by atoms with Crippen molar-refractivity contribution >= 4 is 5.91 Å². The topological polar surface area (TPSA) is 71.7 Å². The van der Waals surface area contributed by atoms with Gasteiger partial charge in [0.15, 0.2) is 0 Å². The Morgan fingerprint density at radius 3 is 2.87 bits per heavy atom. The maximum Gasteiger partial charge on any atom is 0.251 e. The summed E-state index contributed by atoms with van der Waals surface area (Å²) in [6.07, 6.45) is 3.88. The quantitative estimate of drug-likeness (QED) is 0.890. The van der Waals surface area contributed by atoms with Gasteiger partial charge in [-0.1, -0.05) is 0 Å². The van der Waals surface area contributed by atoms with E-state index in [2.05, 4.69) is 5.32 Å². The van der Waals surface area contributed by atoms with E-state index in [0.717, 1.165) is 29.9 Å². The molecule has 0 saturated heterocycles. The van der Waals surface area contributed by atoms with E-state index >= 15 is 0 Å². The van der Waals surface area contributed by atoms with E-state index in [1.807, 2.05) is 6.92 Å². The Hall–Kier alpha value is -2.27. The summed E-state index contributed by atoms with van der Waals surface area (Å²) in [5.41, 5.74) is 0.276. The van der Waals surface area contributed by atoms with Gasteiger partial charge in [0.05, 0.1) is 19.4 Å². The molecule has 0 spiro atoms. The molecule has 1 aromatic heterocycles. The smallest absolute Gasteiger partial charge is 0.251 e. The Balaban J connectivity index is 1.65. The van der Waals surface area contributed by atoms with Crippen molar-refractivity contribution in [1.82, 2.24) is 5.32 Å². The van der Waals surface area contributed by atoms with Gasteiger partial charge in [0.2, 0.25) is 0 Å². The molecule has 0 fully saturated rings. The first-order valence-corrected chi connectivity index (χ1v) is 7.93. The summed E-state index contributed by atoms with van der Waals surface area (Å²) in [4.78, 5) is 12.3. The van der Waals surface area contributed by atoms with Crippen LogP contribution in [-0.2, 0) is 12.0 Å². The number of aryl methyl sites for hydroxylation is 1. The number of carbonyl (C=O) groups is 1. The molecule has 0 saturated carbocycles. The second kappa shape index (κ2) is 6.46. The Morgan fingerprint density at radius 2 is 2.13 bits per heavy atom. The number of hydrogen-bond donors (Lipinski definition) is 2. The number of nitrogens with one attached hydrogen (secondary N) is 1. The maximum absolute atomic E-state index is 12.3. The highest BCUT2D eigenvalue weighted by Gasteiger charge is 2.36. The summed E-state index contributed by atoms with van der Waals surface area (Å²) >= 11 is 0. The summed E-state index contributed by atoms with van der Waals surface area (Å²) in [6, 6.07) is 8.75. The first-order valence-electron chi connectivity index (χ1n) is 7.93. The van der Waals surface area contributed by atoms with Gasteiger partial charge in [0.1, 0.15) is 17.1 Å². The average Bonchev–Trinajstić information content (AvgIpc) is 3.04. The standard InChI is InChI=1S/C18H21NO4/c1-2-22-14-7-5-13(6-8-14)17(20)19-12-18(21)10-3-4-16-15(18)9-11-23-16/h5-9,11,21H,2-4,10,12H2,1H3,(H,19,20). The molecule has 1 amide bonds. The van der Waals surface area contributed by atoms with Crippen LogP contribution in [0.1, 0.15) is 41.4 Å². The van der Waals surface area contributed by atoms with Crippen LogP contribution in [0.3, 0.4) is 0 Å². The third kappa shape index (κ3) is 3.24. The lowest BCUT2D eigenvalue weighted by atomic mass is 9.83. The molecule has 122 valence electrons. The third-order valence-corrected chi connectivity index (χ3v) is 4.21. The van der Waals surface area contributed by atoms with E-state index in [1.165, 1.54) is 0 Å². The zero-order valence-corrected chi connectivity index (χ0v) is 13.2. The van der Waals surface area contributed by atoms with Gasteiger partial charge >= 0.3 is 0 Å². The highest BCUT2D eigenvalue weighted by Crippen LogP contribution is 2.35. The predicted octanol–water partition coefficient (Wildman–Crippen LogP) is 2.63.